The Morgan fingerprint density at radius 1 is 1.23 bits per heavy atom. The van der Waals surface area contributed by atoms with Crippen molar-refractivity contribution in [2.24, 2.45) is 0 Å². The van der Waals surface area contributed by atoms with Gasteiger partial charge in [0.05, 0.1) is 4.90 Å². The summed E-state index contributed by atoms with van der Waals surface area (Å²) >= 11 is 6.10. The maximum Gasteiger partial charge on any atom is 0.240 e. The van der Waals surface area contributed by atoms with E-state index in [0.29, 0.717) is 16.3 Å². The zero-order chi connectivity index (χ0) is 19.5. The fourth-order valence-electron chi connectivity index (χ4n) is 2.62. The van der Waals surface area contributed by atoms with Gasteiger partial charge in [-0.15, -0.1) is 0 Å². The number of hydrogen-bond donors (Lipinski definition) is 1. The SMILES string of the molecule is CC(=O)N(CCNS(=O)(=O)c1ccc(F)cc1C)c1cccc(Cl)c1C. The Bertz CT molecular complexity index is 932. The number of carbonyl (C=O) groups is 1. The van der Waals surface area contributed by atoms with Gasteiger partial charge in [-0.3, -0.25) is 4.79 Å². The normalized spacial score (nSPS) is 11.4. The second-order valence-corrected chi connectivity index (χ2v) is 8.00. The second-order valence-electron chi connectivity index (χ2n) is 5.86. The van der Waals surface area contributed by atoms with Gasteiger partial charge < -0.3 is 4.90 Å². The van der Waals surface area contributed by atoms with Crippen molar-refractivity contribution in [3.63, 3.8) is 0 Å². The summed E-state index contributed by atoms with van der Waals surface area (Å²) in [4.78, 5) is 13.5. The summed E-state index contributed by atoms with van der Waals surface area (Å²) in [5, 5.41) is 0.524. The molecule has 0 aliphatic heterocycles. The molecule has 8 heteroatoms. The summed E-state index contributed by atoms with van der Waals surface area (Å²) in [6.45, 7) is 4.86. The van der Waals surface area contributed by atoms with Crippen LogP contribution in [0, 0.1) is 19.7 Å². The van der Waals surface area contributed by atoms with Gasteiger partial charge in [0.15, 0.2) is 0 Å². The Balaban J connectivity index is 2.15. The van der Waals surface area contributed by atoms with Gasteiger partial charge in [0.25, 0.3) is 0 Å². The van der Waals surface area contributed by atoms with Crippen LogP contribution in [0.4, 0.5) is 10.1 Å². The van der Waals surface area contributed by atoms with Crippen molar-refractivity contribution in [3.8, 4) is 0 Å². The molecule has 0 bridgehead atoms. The number of carbonyl (C=O) groups excluding carboxylic acids is 1. The maximum atomic E-state index is 13.2. The first-order chi connectivity index (χ1) is 12.1. The van der Waals surface area contributed by atoms with Crippen molar-refractivity contribution >= 4 is 33.2 Å². The topological polar surface area (TPSA) is 66.5 Å². The lowest BCUT2D eigenvalue weighted by atomic mass is 10.1. The predicted molar refractivity (Wildman–Crippen MR) is 101 cm³/mol. The van der Waals surface area contributed by atoms with Gasteiger partial charge >= 0.3 is 0 Å². The van der Waals surface area contributed by atoms with Crippen molar-refractivity contribution in [2.45, 2.75) is 25.7 Å². The summed E-state index contributed by atoms with van der Waals surface area (Å²) < 4.78 is 40.4. The number of sulfonamides is 1. The molecule has 0 aliphatic rings. The molecule has 5 nitrogen and oxygen atoms in total. The number of anilines is 1. The number of rotatable bonds is 6. The van der Waals surface area contributed by atoms with Crippen LogP contribution in [-0.2, 0) is 14.8 Å². The highest BCUT2D eigenvalue weighted by molar-refractivity contribution is 7.89. The first-order valence-electron chi connectivity index (χ1n) is 7.92. The molecule has 26 heavy (non-hydrogen) atoms. The van der Waals surface area contributed by atoms with Gasteiger partial charge in [0, 0.05) is 30.7 Å². The largest absolute Gasteiger partial charge is 0.311 e. The number of nitrogens with one attached hydrogen (secondary N) is 1. The predicted octanol–water partition coefficient (Wildman–Crippen LogP) is 3.43. The first kappa shape index (κ1) is 20.4. The van der Waals surface area contributed by atoms with Crippen molar-refractivity contribution in [1.82, 2.24) is 4.72 Å². The fraction of sp³-hybridized carbons (Fsp3) is 0.278. The average Bonchev–Trinajstić information content (AvgIpc) is 2.54. The summed E-state index contributed by atoms with van der Waals surface area (Å²) in [5.41, 5.74) is 1.68. The molecular formula is C18H20ClFN2O3S. The van der Waals surface area contributed by atoms with E-state index in [2.05, 4.69) is 4.72 Å². The Kier molecular flexibility index (Phi) is 6.39. The second kappa shape index (κ2) is 8.16. The van der Waals surface area contributed by atoms with E-state index in [1.54, 1.807) is 25.1 Å². The van der Waals surface area contributed by atoms with E-state index < -0.39 is 15.8 Å². The third kappa shape index (κ3) is 4.60. The van der Waals surface area contributed by atoms with E-state index >= 15 is 0 Å². The minimum absolute atomic E-state index is 0.00465. The number of amides is 1. The van der Waals surface area contributed by atoms with E-state index in [4.69, 9.17) is 11.6 Å². The van der Waals surface area contributed by atoms with Crippen molar-refractivity contribution in [2.75, 3.05) is 18.0 Å². The smallest absolute Gasteiger partial charge is 0.240 e. The lowest BCUT2D eigenvalue weighted by Gasteiger charge is -2.23. The fourth-order valence-corrected chi connectivity index (χ4v) is 4.03. The van der Waals surface area contributed by atoms with Crippen LogP contribution in [0.1, 0.15) is 18.1 Å². The van der Waals surface area contributed by atoms with E-state index in [9.17, 15) is 17.6 Å². The average molecular weight is 399 g/mol. The molecule has 0 radical (unpaired) electrons. The molecule has 0 heterocycles. The molecule has 0 atom stereocenters. The van der Waals surface area contributed by atoms with E-state index in [1.807, 2.05) is 0 Å². The van der Waals surface area contributed by atoms with Gasteiger partial charge in [-0.1, -0.05) is 17.7 Å². The first-order valence-corrected chi connectivity index (χ1v) is 9.78. The third-order valence-electron chi connectivity index (χ3n) is 3.96. The minimum atomic E-state index is -3.81. The number of hydrogen-bond acceptors (Lipinski definition) is 3. The van der Waals surface area contributed by atoms with Crippen LogP contribution in [0.2, 0.25) is 5.02 Å². The molecule has 2 aromatic rings. The van der Waals surface area contributed by atoms with Gasteiger partial charge in [0.1, 0.15) is 5.82 Å². The number of aryl methyl sites for hydroxylation is 1. The summed E-state index contributed by atoms with van der Waals surface area (Å²) in [5.74, 6) is -0.729. The molecule has 2 rings (SSSR count). The molecule has 1 N–H and O–H groups in total. The Hall–Kier alpha value is -1.96. The van der Waals surface area contributed by atoms with E-state index in [-0.39, 0.29) is 23.9 Å². The van der Waals surface area contributed by atoms with Crippen molar-refractivity contribution in [1.29, 1.82) is 0 Å². The monoisotopic (exact) mass is 398 g/mol. The molecule has 0 unspecified atom stereocenters. The molecule has 0 fully saturated rings. The lowest BCUT2D eigenvalue weighted by Crippen LogP contribution is -2.38. The maximum absolute atomic E-state index is 13.2. The van der Waals surface area contributed by atoms with Crippen molar-refractivity contribution < 1.29 is 17.6 Å². The quantitative estimate of drug-likeness (QED) is 0.810. The molecule has 140 valence electrons. The lowest BCUT2D eigenvalue weighted by molar-refractivity contribution is -0.116. The Morgan fingerprint density at radius 3 is 2.54 bits per heavy atom. The van der Waals surface area contributed by atoms with Gasteiger partial charge in [-0.05, 0) is 55.3 Å². The number of benzene rings is 2. The summed E-state index contributed by atoms with van der Waals surface area (Å²) in [7, 11) is -3.81. The van der Waals surface area contributed by atoms with Crippen LogP contribution in [-0.4, -0.2) is 27.4 Å². The Labute approximate surface area is 157 Å². The minimum Gasteiger partial charge on any atom is -0.311 e. The molecular weight excluding hydrogens is 379 g/mol. The molecule has 1 amide bonds. The zero-order valence-electron chi connectivity index (χ0n) is 14.7. The molecule has 0 aromatic heterocycles. The zero-order valence-corrected chi connectivity index (χ0v) is 16.3. The Morgan fingerprint density at radius 2 is 1.92 bits per heavy atom. The van der Waals surface area contributed by atoms with Crippen molar-refractivity contribution in [3.05, 3.63) is 58.4 Å². The summed E-state index contributed by atoms with van der Waals surface area (Å²) in [6, 6.07) is 8.67. The number of halogens is 2. The highest BCUT2D eigenvalue weighted by atomic mass is 35.5. The van der Waals surface area contributed by atoms with Crippen LogP contribution in [0.3, 0.4) is 0 Å². The van der Waals surface area contributed by atoms with Crippen LogP contribution in [0.25, 0.3) is 0 Å². The van der Waals surface area contributed by atoms with Crippen LogP contribution in [0.5, 0.6) is 0 Å². The molecule has 0 saturated heterocycles. The van der Waals surface area contributed by atoms with Gasteiger partial charge in [-0.25, -0.2) is 17.5 Å². The van der Waals surface area contributed by atoms with Crippen LogP contribution < -0.4 is 9.62 Å². The highest BCUT2D eigenvalue weighted by Gasteiger charge is 2.19. The van der Waals surface area contributed by atoms with Crippen LogP contribution in [0.15, 0.2) is 41.3 Å². The molecule has 0 spiro atoms. The molecule has 2 aromatic carbocycles. The third-order valence-corrected chi connectivity index (χ3v) is 5.99. The summed E-state index contributed by atoms with van der Waals surface area (Å²) in [6.07, 6.45) is 0. The number of nitrogens with zero attached hydrogens (tertiary/aromatic N) is 1. The van der Waals surface area contributed by atoms with E-state index in [0.717, 1.165) is 17.7 Å². The molecule has 0 saturated carbocycles. The van der Waals surface area contributed by atoms with E-state index in [1.165, 1.54) is 24.8 Å². The molecule has 0 aliphatic carbocycles. The highest BCUT2D eigenvalue weighted by Crippen LogP contribution is 2.26. The standard InChI is InChI=1S/C18H20ClFN2O3S/c1-12-11-15(20)7-8-18(12)26(24,25)21-9-10-22(14(3)23)17-6-4-5-16(19)13(17)2/h4-8,11,21H,9-10H2,1-3H3. The van der Waals surface area contributed by atoms with Crippen LogP contribution >= 0.6 is 11.6 Å². The van der Waals surface area contributed by atoms with Gasteiger partial charge in [0.2, 0.25) is 15.9 Å². The van der Waals surface area contributed by atoms with Gasteiger partial charge in [-0.2, -0.15) is 0 Å².